The highest BCUT2D eigenvalue weighted by Gasteiger charge is 2.22. The van der Waals surface area contributed by atoms with Gasteiger partial charge in [0.05, 0.1) is 5.69 Å². The van der Waals surface area contributed by atoms with Crippen LogP contribution in [-0.4, -0.2) is 15.0 Å². The second-order valence-corrected chi connectivity index (χ2v) is 8.03. The van der Waals surface area contributed by atoms with Gasteiger partial charge in [-0.1, -0.05) is 47.5 Å². The van der Waals surface area contributed by atoms with Crippen LogP contribution in [0, 0.1) is 13.8 Å². The number of hydrogen-bond donors (Lipinski definition) is 1. The molecule has 3 aromatic carbocycles. The fourth-order valence-corrected chi connectivity index (χ4v) is 3.90. The highest BCUT2D eigenvalue weighted by Crippen LogP contribution is 2.26. The van der Waals surface area contributed by atoms with Gasteiger partial charge in [-0.3, -0.25) is 14.2 Å². The molecule has 7 nitrogen and oxygen atoms in total. The van der Waals surface area contributed by atoms with Crippen molar-refractivity contribution in [3.05, 3.63) is 105 Å². The van der Waals surface area contributed by atoms with Gasteiger partial charge in [-0.15, -0.1) is 0 Å². The summed E-state index contributed by atoms with van der Waals surface area (Å²) in [5.74, 6) is -0.387. The first-order valence-corrected chi connectivity index (χ1v) is 10.5. The highest BCUT2D eigenvalue weighted by molar-refractivity contribution is 6.03. The van der Waals surface area contributed by atoms with Gasteiger partial charge in [0.25, 0.3) is 0 Å². The van der Waals surface area contributed by atoms with Crippen molar-refractivity contribution in [3.8, 4) is 5.69 Å². The predicted octanol–water partition coefficient (Wildman–Crippen LogP) is 4.15. The molecule has 0 fully saturated rings. The molecular weight excluding hydrogens is 418 g/mol. The van der Waals surface area contributed by atoms with Crippen molar-refractivity contribution >= 4 is 33.7 Å². The Bertz CT molecular complexity index is 1620. The molecule has 5 aromatic rings. The van der Waals surface area contributed by atoms with Crippen molar-refractivity contribution in [2.24, 2.45) is 0 Å². The number of benzene rings is 3. The molecule has 0 aliphatic rings. The van der Waals surface area contributed by atoms with E-state index in [9.17, 15) is 14.4 Å². The molecule has 2 aromatic heterocycles. The Kier molecular flexibility index (Phi) is 4.94. The Morgan fingerprint density at radius 3 is 2.21 bits per heavy atom. The molecule has 1 amide bonds. The normalized spacial score (nSPS) is 11.2. The van der Waals surface area contributed by atoms with Crippen LogP contribution in [0.15, 0.2) is 86.8 Å². The zero-order chi connectivity index (χ0) is 23.1. The summed E-state index contributed by atoms with van der Waals surface area (Å²) < 4.78 is 8.20. The van der Waals surface area contributed by atoms with Crippen LogP contribution in [0.4, 0.5) is 5.69 Å². The third kappa shape index (κ3) is 3.63. The quantitative estimate of drug-likeness (QED) is 0.456. The van der Waals surface area contributed by atoms with Crippen LogP contribution in [0.2, 0.25) is 0 Å². The number of aryl methyl sites for hydroxylation is 2. The lowest BCUT2D eigenvalue weighted by atomic mass is 10.2. The summed E-state index contributed by atoms with van der Waals surface area (Å²) in [7, 11) is 0. The topological polar surface area (TPSA) is 86.2 Å². The fourth-order valence-electron chi connectivity index (χ4n) is 3.90. The van der Waals surface area contributed by atoms with E-state index in [1.165, 1.54) is 4.57 Å². The first kappa shape index (κ1) is 20.5. The van der Waals surface area contributed by atoms with Gasteiger partial charge in [0.15, 0.2) is 0 Å². The molecule has 7 heteroatoms. The van der Waals surface area contributed by atoms with Crippen molar-refractivity contribution in [2.45, 2.75) is 20.4 Å². The van der Waals surface area contributed by atoms with Crippen LogP contribution in [-0.2, 0) is 11.3 Å². The van der Waals surface area contributed by atoms with Gasteiger partial charge in [-0.2, -0.15) is 0 Å². The van der Waals surface area contributed by atoms with Crippen LogP contribution in [0.25, 0.3) is 27.8 Å². The summed E-state index contributed by atoms with van der Waals surface area (Å²) in [5.41, 5.74) is 2.73. The summed E-state index contributed by atoms with van der Waals surface area (Å²) in [6.45, 7) is 3.60. The molecule has 33 heavy (non-hydrogen) atoms. The van der Waals surface area contributed by atoms with E-state index < -0.39 is 11.2 Å². The Morgan fingerprint density at radius 1 is 0.879 bits per heavy atom. The minimum Gasteiger partial charge on any atom is -0.449 e. The van der Waals surface area contributed by atoms with E-state index in [4.69, 9.17) is 4.42 Å². The third-order valence-corrected chi connectivity index (χ3v) is 5.59. The molecule has 1 N–H and O–H groups in total. The summed E-state index contributed by atoms with van der Waals surface area (Å²) in [4.78, 5) is 39.8. The number of carbonyl (C=O) groups excluding carboxylic acids is 1. The van der Waals surface area contributed by atoms with E-state index in [0.717, 1.165) is 15.7 Å². The van der Waals surface area contributed by atoms with Crippen molar-refractivity contribution in [2.75, 3.05) is 5.32 Å². The molecule has 164 valence electrons. The number of fused-ring (bicyclic) bond motifs is 3. The minimum atomic E-state index is -0.609. The third-order valence-electron chi connectivity index (χ3n) is 5.59. The van der Waals surface area contributed by atoms with E-state index in [-0.39, 0.29) is 18.0 Å². The second kappa shape index (κ2) is 7.94. The summed E-state index contributed by atoms with van der Waals surface area (Å²) in [6.07, 6.45) is 0. The molecule has 0 radical (unpaired) electrons. The van der Waals surface area contributed by atoms with Crippen LogP contribution in [0.3, 0.4) is 0 Å². The number of hydrogen-bond acceptors (Lipinski definition) is 4. The molecule has 5 rings (SSSR count). The Labute approximate surface area is 188 Å². The molecule has 0 aliphatic carbocycles. The summed E-state index contributed by atoms with van der Waals surface area (Å²) in [6, 6.07) is 21.5. The first-order chi connectivity index (χ1) is 15.9. The maximum absolute atomic E-state index is 13.6. The van der Waals surface area contributed by atoms with Crippen molar-refractivity contribution in [1.29, 1.82) is 0 Å². The molecule has 0 spiro atoms. The van der Waals surface area contributed by atoms with Crippen LogP contribution >= 0.6 is 0 Å². The molecular formula is C26H21N3O4. The lowest BCUT2D eigenvalue weighted by Gasteiger charge is -2.12. The number of aromatic nitrogens is 2. The smallest absolute Gasteiger partial charge is 0.336 e. The zero-order valence-corrected chi connectivity index (χ0v) is 18.2. The van der Waals surface area contributed by atoms with E-state index in [1.807, 2.05) is 38.1 Å². The first-order valence-electron chi connectivity index (χ1n) is 10.5. The molecule has 0 saturated heterocycles. The molecule has 0 bridgehead atoms. The van der Waals surface area contributed by atoms with Gasteiger partial charge in [0, 0.05) is 11.1 Å². The highest BCUT2D eigenvalue weighted by atomic mass is 16.3. The maximum Gasteiger partial charge on any atom is 0.336 e. The summed E-state index contributed by atoms with van der Waals surface area (Å²) >= 11 is 0. The number of amides is 1. The van der Waals surface area contributed by atoms with Crippen molar-refractivity contribution in [3.63, 3.8) is 0 Å². The van der Waals surface area contributed by atoms with Crippen molar-refractivity contribution < 1.29 is 9.21 Å². The van der Waals surface area contributed by atoms with Gasteiger partial charge in [0.1, 0.15) is 17.6 Å². The number of nitrogens with one attached hydrogen (secondary N) is 1. The number of furan rings is 1. The van der Waals surface area contributed by atoms with Gasteiger partial charge < -0.3 is 9.73 Å². The van der Waals surface area contributed by atoms with Gasteiger partial charge in [-0.05, 0) is 50.2 Å². The van der Waals surface area contributed by atoms with E-state index in [0.29, 0.717) is 27.9 Å². The van der Waals surface area contributed by atoms with Gasteiger partial charge >= 0.3 is 11.2 Å². The minimum absolute atomic E-state index is 0.0273. The molecule has 0 unspecified atom stereocenters. The molecule has 0 aliphatic heterocycles. The Hall–Kier alpha value is -4.39. The van der Waals surface area contributed by atoms with Crippen molar-refractivity contribution in [1.82, 2.24) is 9.13 Å². The Balaban J connectivity index is 1.71. The molecule has 0 saturated carbocycles. The zero-order valence-electron chi connectivity index (χ0n) is 18.2. The number of rotatable bonds is 4. The lowest BCUT2D eigenvalue weighted by molar-refractivity contribution is -0.116. The van der Waals surface area contributed by atoms with E-state index in [2.05, 4.69) is 5.32 Å². The number of nitrogens with zero attached hydrogens (tertiary/aromatic N) is 2. The van der Waals surface area contributed by atoms with Crippen LogP contribution < -0.4 is 16.6 Å². The average Bonchev–Trinajstić information content (AvgIpc) is 3.19. The second-order valence-electron chi connectivity index (χ2n) is 8.03. The fraction of sp³-hybridized carbons (Fsp3) is 0.115. The number of anilines is 1. The van der Waals surface area contributed by atoms with E-state index >= 15 is 0 Å². The monoisotopic (exact) mass is 439 g/mol. The van der Waals surface area contributed by atoms with Gasteiger partial charge in [-0.25, -0.2) is 9.36 Å². The number of carbonyl (C=O) groups is 1. The lowest BCUT2D eigenvalue weighted by Crippen LogP contribution is -2.40. The molecule has 2 heterocycles. The standard InChI is InChI=1S/C26H21N3O4/c1-16-7-11-18(12-8-16)27-22(30)15-28-23-20-5-3-4-6-21(20)33-24(23)25(31)29(26(28)32)19-13-9-17(2)10-14-19/h3-14H,15H2,1-2H3,(H,27,30). The van der Waals surface area contributed by atoms with Crippen LogP contribution in [0.1, 0.15) is 11.1 Å². The van der Waals surface area contributed by atoms with Gasteiger partial charge in [0.2, 0.25) is 11.5 Å². The largest absolute Gasteiger partial charge is 0.449 e. The average molecular weight is 439 g/mol. The van der Waals surface area contributed by atoms with Crippen LogP contribution in [0.5, 0.6) is 0 Å². The Morgan fingerprint density at radius 2 is 1.52 bits per heavy atom. The summed E-state index contributed by atoms with van der Waals surface area (Å²) in [5, 5.41) is 3.41. The van der Waals surface area contributed by atoms with E-state index in [1.54, 1.807) is 48.5 Å². The SMILES string of the molecule is Cc1ccc(NC(=O)Cn2c(=O)n(-c3ccc(C)cc3)c(=O)c3oc4ccccc4c32)cc1. The maximum atomic E-state index is 13.6. The number of para-hydroxylation sites is 1. The molecule has 0 atom stereocenters. The predicted molar refractivity (Wildman–Crippen MR) is 128 cm³/mol.